The highest BCUT2D eigenvalue weighted by atomic mass is 16.5. The van der Waals surface area contributed by atoms with Crippen molar-refractivity contribution in [3.63, 3.8) is 0 Å². The highest BCUT2D eigenvalue weighted by Crippen LogP contribution is 2.30. The van der Waals surface area contributed by atoms with Gasteiger partial charge in [0.1, 0.15) is 5.75 Å². The fourth-order valence-corrected chi connectivity index (χ4v) is 3.01. The molecule has 2 aromatic carbocycles. The first-order valence-electron chi connectivity index (χ1n) is 8.02. The molecule has 0 fully saturated rings. The molecule has 0 bridgehead atoms. The van der Waals surface area contributed by atoms with Gasteiger partial charge >= 0.3 is 0 Å². The van der Waals surface area contributed by atoms with Crippen molar-refractivity contribution in [2.45, 2.75) is 32.7 Å². The molecule has 114 valence electrons. The number of aromatic nitrogens is 1. The number of methoxy groups -OCH3 is 1. The minimum atomic E-state index is 0.913. The van der Waals surface area contributed by atoms with Crippen molar-refractivity contribution in [2.75, 3.05) is 7.11 Å². The first kappa shape index (κ1) is 14.7. The van der Waals surface area contributed by atoms with E-state index < -0.39 is 0 Å². The SMILES string of the molecule is CCCCc1cc2c(OC)cccc2n1Cc1ccccc1. The van der Waals surface area contributed by atoms with Gasteiger partial charge in [-0.15, -0.1) is 0 Å². The number of benzene rings is 2. The van der Waals surface area contributed by atoms with Crippen LogP contribution in [0, 0.1) is 0 Å². The van der Waals surface area contributed by atoms with E-state index in [0.717, 1.165) is 18.7 Å². The van der Waals surface area contributed by atoms with Gasteiger partial charge in [0.2, 0.25) is 0 Å². The Balaban J connectivity index is 2.08. The molecule has 0 N–H and O–H groups in total. The van der Waals surface area contributed by atoms with Crippen molar-refractivity contribution in [2.24, 2.45) is 0 Å². The van der Waals surface area contributed by atoms with Gasteiger partial charge in [0.15, 0.2) is 0 Å². The molecule has 0 saturated carbocycles. The van der Waals surface area contributed by atoms with Crippen molar-refractivity contribution in [1.82, 2.24) is 4.57 Å². The van der Waals surface area contributed by atoms with Crippen LogP contribution in [0.1, 0.15) is 31.0 Å². The molecule has 0 unspecified atom stereocenters. The molecule has 1 heterocycles. The lowest BCUT2D eigenvalue weighted by atomic mass is 10.2. The van der Waals surface area contributed by atoms with Gasteiger partial charge in [-0.25, -0.2) is 0 Å². The monoisotopic (exact) mass is 293 g/mol. The van der Waals surface area contributed by atoms with Crippen LogP contribution in [0.5, 0.6) is 5.75 Å². The Morgan fingerprint density at radius 2 is 1.82 bits per heavy atom. The predicted octanol–water partition coefficient (Wildman–Crippen LogP) is 5.04. The molecular formula is C20H23NO. The highest BCUT2D eigenvalue weighted by molar-refractivity contribution is 5.87. The minimum Gasteiger partial charge on any atom is -0.496 e. The number of ether oxygens (including phenoxy) is 1. The highest BCUT2D eigenvalue weighted by Gasteiger charge is 2.12. The molecule has 3 rings (SSSR count). The van der Waals surface area contributed by atoms with Gasteiger partial charge in [-0.05, 0) is 36.6 Å². The molecule has 0 aliphatic carbocycles. The Kier molecular flexibility index (Phi) is 4.47. The van der Waals surface area contributed by atoms with E-state index in [1.54, 1.807) is 7.11 Å². The van der Waals surface area contributed by atoms with Crippen LogP contribution in [-0.2, 0) is 13.0 Å². The quantitative estimate of drug-likeness (QED) is 0.621. The van der Waals surface area contributed by atoms with Gasteiger partial charge in [-0.1, -0.05) is 49.7 Å². The molecule has 0 atom stereocenters. The molecule has 22 heavy (non-hydrogen) atoms. The number of hydrogen-bond acceptors (Lipinski definition) is 1. The maximum atomic E-state index is 5.54. The average Bonchev–Trinajstić information content (AvgIpc) is 2.91. The molecular weight excluding hydrogens is 270 g/mol. The molecule has 2 nitrogen and oxygen atoms in total. The molecule has 0 aliphatic heterocycles. The number of aryl methyl sites for hydroxylation is 1. The van der Waals surface area contributed by atoms with E-state index in [-0.39, 0.29) is 0 Å². The Hall–Kier alpha value is -2.22. The van der Waals surface area contributed by atoms with Crippen LogP contribution in [0.25, 0.3) is 10.9 Å². The van der Waals surface area contributed by atoms with Gasteiger partial charge < -0.3 is 9.30 Å². The Morgan fingerprint density at radius 3 is 2.55 bits per heavy atom. The maximum absolute atomic E-state index is 5.54. The van der Waals surface area contributed by atoms with E-state index >= 15 is 0 Å². The summed E-state index contributed by atoms with van der Waals surface area (Å²) in [6.07, 6.45) is 3.54. The smallest absolute Gasteiger partial charge is 0.128 e. The van der Waals surface area contributed by atoms with Crippen molar-refractivity contribution >= 4 is 10.9 Å². The van der Waals surface area contributed by atoms with Crippen molar-refractivity contribution in [3.05, 3.63) is 65.9 Å². The summed E-state index contributed by atoms with van der Waals surface area (Å²) in [6, 6.07) is 19.3. The van der Waals surface area contributed by atoms with E-state index in [9.17, 15) is 0 Å². The number of unbranched alkanes of at least 4 members (excludes halogenated alkanes) is 1. The van der Waals surface area contributed by atoms with Crippen LogP contribution < -0.4 is 4.74 Å². The predicted molar refractivity (Wildman–Crippen MR) is 92.6 cm³/mol. The van der Waals surface area contributed by atoms with Crippen LogP contribution in [0.3, 0.4) is 0 Å². The van der Waals surface area contributed by atoms with Gasteiger partial charge in [0.05, 0.1) is 12.6 Å². The zero-order valence-electron chi connectivity index (χ0n) is 13.4. The summed E-state index contributed by atoms with van der Waals surface area (Å²) in [4.78, 5) is 0. The zero-order chi connectivity index (χ0) is 15.4. The zero-order valence-corrected chi connectivity index (χ0v) is 13.4. The van der Waals surface area contributed by atoms with Gasteiger partial charge in [-0.3, -0.25) is 0 Å². The summed E-state index contributed by atoms with van der Waals surface area (Å²) in [5.74, 6) is 0.960. The molecule has 0 aliphatic rings. The third-order valence-corrected chi connectivity index (χ3v) is 4.18. The second-order valence-electron chi connectivity index (χ2n) is 5.70. The van der Waals surface area contributed by atoms with Gasteiger partial charge in [-0.2, -0.15) is 0 Å². The summed E-state index contributed by atoms with van der Waals surface area (Å²) in [5.41, 5.74) is 3.99. The largest absolute Gasteiger partial charge is 0.496 e. The first-order chi connectivity index (χ1) is 10.8. The fraction of sp³-hybridized carbons (Fsp3) is 0.300. The third kappa shape index (κ3) is 2.87. The molecule has 2 heteroatoms. The summed E-state index contributed by atoms with van der Waals surface area (Å²) in [5, 5.41) is 1.21. The Labute approximate surface area is 132 Å². The fourth-order valence-electron chi connectivity index (χ4n) is 3.01. The topological polar surface area (TPSA) is 14.2 Å². The van der Waals surface area contributed by atoms with E-state index in [1.807, 2.05) is 6.07 Å². The normalized spacial score (nSPS) is 11.0. The second-order valence-corrected chi connectivity index (χ2v) is 5.70. The molecule has 3 aromatic rings. The van der Waals surface area contributed by atoms with Crippen LogP contribution in [0.2, 0.25) is 0 Å². The summed E-state index contributed by atoms with van der Waals surface area (Å²) in [7, 11) is 1.75. The lowest BCUT2D eigenvalue weighted by molar-refractivity contribution is 0.420. The van der Waals surface area contributed by atoms with E-state index in [4.69, 9.17) is 4.74 Å². The maximum Gasteiger partial charge on any atom is 0.128 e. The van der Waals surface area contributed by atoms with Crippen molar-refractivity contribution in [1.29, 1.82) is 0 Å². The number of nitrogens with zero attached hydrogens (tertiary/aromatic N) is 1. The standard InChI is InChI=1S/C20H23NO/c1-3-4-11-17-14-18-19(12-8-13-20(18)22-2)21(17)15-16-9-6-5-7-10-16/h5-10,12-14H,3-4,11,15H2,1-2H3. The van der Waals surface area contributed by atoms with Crippen LogP contribution in [0.4, 0.5) is 0 Å². The van der Waals surface area contributed by atoms with Crippen LogP contribution >= 0.6 is 0 Å². The minimum absolute atomic E-state index is 0.913. The molecule has 0 saturated heterocycles. The van der Waals surface area contributed by atoms with Gasteiger partial charge in [0, 0.05) is 17.6 Å². The summed E-state index contributed by atoms with van der Waals surface area (Å²) >= 11 is 0. The van der Waals surface area contributed by atoms with Crippen molar-refractivity contribution < 1.29 is 4.74 Å². The van der Waals surface area contributed by atoms with E-state index in [0.29, 0.717) is 0 Å². The number of fused-ring (bicyclic) bond motifs is 1. The molecule has 0 amide bonds. The molecule has 0 spiro atoms. The second kappa shape index (κ2) is 6.69. The van der Waals surface area contributed by atoms with Crippen LogP contribution in [-0.4, -0.2) is 11.7 Å². The van der Waals surface area contributed by atoms with E-state index in [1.165, 1.54) is 35.0 Å². The third-order valence-electron chi connectivity index (χ3n) is 4.18. The Bertz CT molecular complexity index is 743. The van der Waals surface area contributed by atoms with Crippen molar-refractivity contribution in [3.8, 4) is 5.75 Å². The lowest BCUT2D eigenvalue weighted by Gasteiger charge is -2.11. The molecule has 1 aromatic heterocycles. The molecule has 0 radical (unpaired) electrons. The number of hydrogen-bond donors (Lipinski definition) is 0. The van der Waals surface area contributed by atoms with Crippen LogP contribution in [0.15, 0.2) is 54.6 Å². The average molecular weight is 293 g/mol. The summed E-state index contributed by atoms with van der Waals surface area (Å²) in [6.45, 7) is 3.15. The van der Waals surface area contributed by atoms with Gasteiger partial charge in [0.25, 0.3) is 0 Å². The Morgan fingerprint density at radius 1 is 1.00 bits per heavy atom. The first-order valence-corrected chi connectivity index (χ1v) is 8.02. The lowest BCUT2D eigenvalue weighted by Crippen LogP contribution is -2.04. The number of rotatable bonds is 6. The summed E-state index contributed by atoms with van der Waals surface area (Å²) < 4.78 is 7.97. The van der Waals surface area contributed by atoms with E-state index in [2.05, 4.69) is 60.0 Å².